The summed E-state index contributed by atoms with van der Waals surface area (Å²) in [5.41, 5.74) is 1.05. The van der Waals surface area contributed by atoms with E-state index in [4.69, 9.17) is 38.0 Å². The molecule has 3 rings (SSSR count). The molecule has 0 unspecified atom stereocenters. The van der Waals surface area contributed by atoms with Gasteiger partial charge in [-0.15, -0.1) is 10.2 Å². The quantitative estimate of drug-likeness (QED) is 0.534. The van der Waals surface area contributed by atoms with Crippen molar-refractivity contribution in [1.29, 1.82) is 0 Å². The number of aromatic nitrogens is 4. The lowest BCUT2D eigenvalue weighted by molar-refractivity contribution is 0.340. The second-order valence-corrected chi connectivity index (χ2v) is 6.17. The summed E-state index contributed by atoms with van der Waals surface area (Å²) in [6, 6.07) is 7.94. The van der Waals surface area contributed by atoms with E-state index in [0.29, 0.717) is 44.3 Å². The van der Waals surface area contributed by atoms with Gasteiger partial charge in [0.1, 0.15) is 5.75 Å². The Labute approximate surface area is 160 Å². The topological polar surface area (TPSA) is 96.1 Å². The maximum atomic E-state index is 5.50. The highest BCUT2D eigenvalue weighted by Crippen LogP contribution is 2.20. The molecule has 0 aliphatic carbocycles. The molecule has 0 aliphatic rings. The van der Waals surface area contributed by atoms with Gasteiger partial charge in [-0.3, -0.25) is 0 Å². The molecule has 2 heterocycles. The molecular formula is C16H19N5O3S2. The number of nitrogens with one attached hydrogen (secondary N) is 2. The van der Waals surface area contributed by atoms with Gasteiger partial charge < -0.3 is 18.5 Å². The van der Waals surface area contributed by atoms with Gasteiger partial charge in [-0.2, -0.15) is 0 Å². The van der Waals surface area contributed by atoms with Crippen molar-refractivity contribution in [1.82, 2.24) is 20.4 Å². The molecule has 8 nitrogen and oxygen atoms in total. The van der Waals surface area contributed by atoms with Crippen LogP contribution in [-0.2, 0) is 12.8 Å². The van der Waals surface area contributed by atoms with Crippen LogP contribution in [0.25, 0.3) is 0 Å². The van der Waals surface area contributed by atoms with Crippen LogP contribution < -0.4 is 9.64 Å². The standard InChI is InChI=1S/C16H19N5O3S2/c1-2-22-12-5-3-11(4-6-12)21(9-7-13-17-19-15(25)23-13)10-8-14-18-20-16(26)24-14/h3-6H,2,7-10H2,1H3,(H,19,25)(H,20,26). The first-order valence-electron chi connectivity index (χ1n) is 8.20. The molecule has 0 fully saturated rings. The first-order valence-corrected chi connectivity index (χ1v) is 9.02. The minimum atomic E-state index is 0.279. The van der Waals surface area contributed by atoms with Gasteiger partial charge in [-0.05, 0) is 55.6 Å². The zero-order chi connectivity index (χ0) is 18.4. The van der Waals surface area contributed by atoms with Crippen molar-refractivity contribution in [3.8, 4) is 5.75 Å². The second-order valence-electron chi connectivity index (χ2n) is 5.43. The molecule has 0 amide bonds. The fourth-order valence-corrected chi connectivity index (χ4v) is 2.77. The molecule has 0 aliphatic heterocycles. The smallest absolute Gasteiger partial charge is 0.284 e. The molecule has 0 radical (unpaired) electrons. The summed E-state index contributed by atoms with van der Waals surface area (Å²) in [4.78, 5) is 2.75. The summed E-state index contributed by atoms with van der Waals surface area (Å²) >= 11 is 9.83. The largest absolute Gasteiger partial charge is 0.494 e. The molecule has 1 aromatic carbocycles. The number of H-pyrrole nitrogens is 2. The summed E-state index contributed by atoms with van der Waals surface area (Å²) in [6.07, 6.45) is 1.23. The van der Waals surface area contributed by atoms with Crippen LogP contribution in [0.5, 0.6) is 5.75 Å². The third-order valence-electron chi connectivity index (χ3n) is 3.67. The number of ether oxygens (including phenoxy) is 1. The average molecular weight is 393 g/mol. The van der Waals surface area contributed by atoms with Gasteiger partial charge in [0.25, 0.3) is 9.67 Å². The van der Waals surface area contributed by atoms with Crippen LogP contribution in [0.15, 0.2) is 33.1 Å². The summed E-state index contributed by atoms with van der Waals surface area (Å²) in [7, 11) is 0. The van der Waals surface area contributed by atoms with E-state index in [1.54, 1.807) is 0 Å². The number of hydrogen-bond donors (Lipinski definition) is 2. The molecule has 26 heavy (non-hydrogen) atoms. The highest BCUT2D eigenvalue weighted by molar-refractivity contribution is 7.71. The fourth-order valence-electron chi connectivity index (χ4n) is 2.49. The summed E-state index contributed by atoms with van der Waals surface area (Å²) in [5, 5.41) is 13.4. The monoisotopic (exact) mass is 393 g/mol. The lowest BCUT2D eigenvalue weighted by Gasteiger charge is -2.24. The van der Waals surface area contributed by atoms with Gasteiger partial charge in [0.15, 0.2) is 0 Å². The van der Waals surface area contributed by atoms with E-state index in [9.17, 15) is 0 Å². The summed E-state index contributed by atoms with van der Waals surface area (Å²) in [6.45, 7) is 3.99. The number of nitrogens with zero attached hydrogens (tertiary/aromatic N) is 3. The molecule has 2 aromatic heterocycles. The lowest BCUT2D eigenvalue weighted by Crippen LogP contribution is -2.28. The van der Waals surface area contributed by atoms with E-state index in [0.717, 1.165) is 11.4 Å². The van der Waals surface area contributed by atoms with Crippen LogP contribution in [0.3, 0.4) is 0 Å². The lowest BCUT2D eigenvalue weighted by atomic mass is 10.2. The minimum absolute atomic E-state index is 0.279. The molecule has 0 saturated heterocycles. The van der Waals surface area contributed by atoms with Crippen LogP contribution in [-0.4, -0.2) is 40.1 Å². The van der Waals surface area contributed by atoms with Gasteiger partial charge >= 0.3 is 0 Å². The van der Waals surface area contributed by atoms with Crippen molar-refractivity contribution in [2.45, 2.75) is 19.8 Å². The Kier molecular flexibility index (Phi) is 6.18. The number of rotatable bonds is 9. The molecule has 0 spiro atoms. The molecular weight excluding hydrogens is 374 g/mol. The molecule has 2 N–H and O–H groups in total. The van der Waals surface area contributed by atoms with E-state index >= 15 is 0 Å². The Morgan fingerprint density at radius 3 is 1.92 bits per heavy atom. The van der Waals surface area contributed by atoms with Crippen LogP contribution in [0.4, 0.5) is 5.69 Å². The molecule has 10 heteroatoms. The van der Waals surface area contributed by atoms with Crippen molar-refractivity contribution < 1.29 is 13.6 Å². The highest BCUT2D eigenvalue weighted by atomic mass is 32.1. The van der Waals surface area contributed by atoms with E-state index in [-0.39, 0.29) is 9.67 Å². The normalized spacial score (nSPS) is 10.8. The van der Waals surface area contributed by atoms with Crippen molar-refractivity contribution in [2.24, 2.45) is 0 Å². The zero-order valence-electron chi connectivity index (χ0n) is 14.2. The van der Waals surface area contributed by atoms with Crippen LogP contribution in [0.1, 0.15) is 18.7 Å². The highest BCUT2D eigenvalue weighted by Gasteiger charge is 2.11. The maximum absolute atomic E-state index is 5.50. The molecule has 3 aromatic rings. The SMILES string of the molecule is CCOc1ccc(N(CCc2n[nH]c(=S)o2)CCc2n[nH]c(=S)o2)cc1. The zero-order valence-corrected chi connectivity index (χ0v) is 15.9. The Balaban J connectivity index is 1.70. The number of benzene rings is 1. The Morgan fingerprint density at radius 1 is 0.962 bits per heavy atom. The van der Waals surface area contributed by atoms with Gasteiger partial charge in [0.2, 0.25) is 11.8 Å². The Hall–Kier alpha value is -2.46. The van der Waals surface area contributed by atoms with Gasteiger partial charge in [-0.1, -0.05) is 0 Å². The van der Waals surface area contributed by atoms with Crippen molar-refractivity contribution in [2.75, 3.05) is 24.6 Å². The Morgan fingerprint density at radius 2 is 1.50 bits per heavy atom. The van der Waals surface area contributed by atoms with Crippen molar-refractivity contribution in [3.63, 3.8) is 0 Å². The van der Waals surface area contributed by atoms with Gasteiger partial charge in [0, 0.05) is 31.6 Å². The third-order valence-corrected chi connectivity index (χ3v) is 4.02. The van der Waals surface area contributed by atoms with E-state index < -0.39 is 0 Å². The second kappa shape index (κ2) is 8.77. The third kappa shape index (κ3) is 5.02. The number of anilines is 1. The predicted molar refractivity (Wildman–Crippen MR) is 101 cm³/mol. The minimum Gasteiger partial charge on any atom is -0.494 e. The molecule has 138 valence electrons. The van der Waals surface area contributed by atoms with Gasteiger partial charge in [0.05, 0.1) is 6.61 Å². The number of hydrogen-bond acceptors (Lipinski definition) is 8. The van der Waals surface area contributed by atoms with Gasteiger partial charge in [-0.25, -0.2) is 10.2 Å². The first kappa shape index (κ1) is 18.3. The average Bonchev–Trinajstić information content (AvgIpc) is 3.24. The van der Waals surface area contributed by atoms with Crippen LogP contribution in [0.2, 0.25) is 0 Å². The summed E-state index contributed by atoms with van der Waals surface area (Å²) in [5.74, 6) is 1.98. The number of aromatic amines is 2. The fraction of sp³-hybridized carbons (Fsp3) is 0.375. The van der Waals surface area contributed by atoms with Crippen molar-refractivity contribution in [3.05, 3.63) is 45.7 Å². The molecule has 0 atom stereocenters. The van der Waals surface area contributed by atoms with Crippen LogP contribution in [0, 0.1) is 9.67 Å². The van der Waals surface area contributed by atoms with E-state index in [2.05, 4.69) is 25.3 Å². The van der Waals surface area contributed by atoms with Crippen molar-refractivity contribution >= 4 is 30.1 Å². The Bertz CT molecular complexity index is 876. The molecule has 0 bridgehead atoms. The van der Waals surface area contributed by atoms with E-state index in [1.165, 1.54) is 0 Å². The molecule has 0 saturated carbocycles. The first-order chi connectivity index (χ1) is 12.6. The van der Waals surface area contributed by atoms with E-state index in [1.807, 2.05) is 31.2 Å². The predicted octanol–water partition coefficient (Wildman–Crippen LogP) is 3.47. The maximum Gasteiger partial charge on any atom is 0.284 e. The van der Waals surface area contributed by atoms with Crippen LogP contribution >= 0.6 is 24.4 Å². The summed E-state index contributed by atoms with van der Waals surface area (Å²) < 4.78 is 16.2.